The molecule has 1 N–H and O–H groups in total. The molecule has 5 nitrogen and oxygen atoms in total. The first-order valence-corrected chi connectivity index (χ1v) is 21.8. The van der Waals surface area contributed by atoms with Gasteiger partial charge in [-0.3, -0.25) is 9.59 Å². The first kappa shape index (κ1) is 50.8. The molecule has 0 radical (unpaired) electrons. The Morgan fingerprint density at radius 1 is 0.444 bits per heavy atom. The molecule has 0 aromatic heterocycles. The van der Waals surface area contributed by atoms with Crippen LogP contribution in [0.25, 0.3) is 0 Å². The summed E-state index contributed by atoms with van der Waals surface area (Å²) in [5.74, 6) is -0.625. The van der Waals surface area contributed by atoms with E-state index in [2.05, 4.69) is 111 Å². The van der Waals surface area contributed by atoms with E-state index in [4.69, 9.17) is 9.47 Å². The lowest BCUT2D eigenvalue weighted by molar-refractivity contribution is -0.161. The maximum atomic E-state index is 12.2. The van der Waals surface area contributed by atoms with Gasteiger partial charge in [0.25, 0.3) is 0 Å². The Hall–Kier alpha value is -3.18. The van der Waals surface area contributed by atoms with Crippen molar-refractivity contribution in [2.75, 3.05) is 13.2 Å². The zero-order valence-electron chi connectivity index (χ0n) is 34.7. The Labute approximate surface area is 332 Å². The third-order valence-electron chi connectivity index (χ3n) is 8.84. The molecule has 0 aliphatic heterocycles. The highest BCUT2D eigenvalue weighted by Gasteiger charge is 2.16. The van der Waals surface area contributed by atoms with E-state index < -0.39 is 6.10 Å². The summed E-state index contributed by atoms with van der Waals surface area (Å²) in [5, 5.41) is 9.57. The van der Waals surface area contributed by atoms with Gasteiger partial charge in [-0.2, -0.15) is 0 Å². The normalized spacial score (nSPS) is 13.2. The van der Waals surface area contributed by atoms with E-state index in [-0.39, 0.29) is 25.2 Å². The first-order valence-electron chi connectivity index (χ1n) is 21.8. The van der Waals surface area contributed by atoms with Gasteiger partial charge in [0.05, 0.1) is 6.61 Å². The average molecular weight is 749 g/mol. The number of carbonyl (C=O) groups is 2. The van der Waals surface area contributed by atoms with Crippen LogP contribution in [0, 0.1) is 0 Å². The molecular weight excluding hydrogens is 669 g/mol. The molecule has 54 heavy (non-hydrogen) atoms. The number of rotatable bonds is 38. The number of aliphatic hydroxyl groups excluding tert-OH is 1. The largest absolute Gasteiger partial charge is 0.462 e. The second kappa shape index (κ2) is 44.2. The van der Waals surface area contributed by atoms with Crippen LogP contribution in [0.4, 0.5) is 0 Å². The molecule has 1 unspecified atom stereocenters. The van der Waals surface area contributed by atoms with E-state index >= 15 is 0 Å². The molecule has 0 rings (SSSR count). The molecule has 0 saturated carbocycles. The number of unbranched alkanes of at least 4 members (excludes halogenated alkanes) is 14. The molecule has 0 aromatic rings. The minimum absolute atomic E-state index is 0.0822. The van der Waals surface area contributed by atoms with Gasteiger partial charge in [-0.15, -0.1) is 0 Å². The second-order valence-corrected chi connectivity index (χ2v) is 14.0. The lowest BCUT2D eigenvalue weighted by Gasteiger charge is -2.15. The number of hydrogen-bond donors (Lipinski definition) is 1. The minimum atomic E-state index is -0.787. The standard InChI is InChI=1S/C49H80O5/c1-3-5-7-9-11-13-15-17-18-19-20-21-22-23-24-25-26-27-28-29-30-32-34-36-38-40-42-44-49(52)54-47(45-50)46-53-48(51)43-41-39-37-35-33-31-16-14-12-10-8-6-4-2/h5,7-8,10-11,13-14,16-18,20-21,23-24,26-27,47,50H,3-4,6,9,12,15,19,22,25,28-46H2,1-2H3/b7-5-,10-8-,13-11-,16-14-,18-17-,21-20-,24-23-,27-26-. The summed E-state index contributed by atoms with van der Waals surface area (Å²) in [7, 11) is 0. The molecule has 0 aromatic carbocycles. The van der Waals surface area contributed by atoms with Crippen molar-refractivity contribution in [3.8, 4) is 0 Å². The third kappa shape index (κ3) is 41.6. The number of hydrogen-bond acceptors (Lipinski definition) is 5. The topological polar surface area (TPSA) is 72.8 Å². The van der Waals surface area contributed by atoms with Gasteiger partial charge in [-0.05, 0) is 89.9 Å². The molecule has 0 spiro atoms. The molecule has 5 heteroatoms. The number of aliphatic hydroxyl groups is 1. The van der Waals surface area contributed by atoms with Crippen molar-refractivity contribution in [1.82, 2.24) is 0 Å². The zero-order chi connectivity index (χ0) is 39.3. The third-order valence-corrected chi connectivity index (χ3v) is 8.84. The molecule has 0 bridgehead atoms. The number of ether oxygens (including phenoxy) is 2. The number of carbonyl (C=O) groups excluding carboxylic acids is 2. The summed E-state index contributed by atoms with van der Waals surface area (Å²) in [4.78, 5) is 24.3. The van der Waals surface area contributed by atoms with E-state index in [9.17, 15) is 14.7 Å². The fourth-order valence-electron chi connectivity index (χ4n) is 5.59. The Bertz CT molecular complexity index is 1070. The van der Waals surface area contributed by atoms with Gasteiger partial charge in [-0.25, -0.2) is 0 Å². The molecule has 0 saturated heterocycles. The van der Waals surface area contributed by atoms with Crippen molar-refractivity contribution < 1.29 is 24.2 Å². The number of allylic oxidation sites excluding steroid dienone is 16. The molecular formula is C49H80O5. The highest BCUT2D eigenvalue weighted by atomic mass is 16.6. The lowest BCUT2D eigenvalue weighted by atomic mass is 10.1. The van der Waals surface area contributed by atoms with Gasteiger partial charge >= 0.3 is 11.9 Å². The molecule has 0 aliphatic carbocycles. The van der Waals surface area contributed by atoms with Gasteiger partial charge in [0.15, 0.2) is 6.10 Å². The van der Waals surface area contributed by atoms with Crippen molar-refractivity contribution in [2.45, 2.75) is 187 Å². The van der Waals surface area contributed by atoms with Crippen LogP contribution in [0.3, 0.4) is 0 Å². The van der Waals surface area contributed by atoms with Crippen molar-refractivity contribution in [3.63, 3.8) is 0 Å². The van der Waals surface area contributed by atoms with E-state index in [0.29, 0.717) is 12.8 Å². The maximum Gasteiger partial charge on any atom is 0.306 e. The summed E-state index contributed by atoms with van der Waals surface area (Å²) >= 11 is 0. The Morgan fingerprint density at radius 2 is 0.796 bits per heavy atom. The highest BCUT2D eigenvalue weighted by Crippen LogP contribution is 2.13. The van der Waals surface area contributed by atoms with Crippen molar-refractivity contribution in [3.05, 3.63) is 97.2 Å². The Balaban J connectivity index is 3.61. The fourth-order valence-corrected chi connectivity index (χ4v) is 5.59. The van der Waals surface area contributed by atoms with Gasteiger partial charge in [-0.1, -0.05) is 175 Å². The van der Waals surface area contributed by atoms with E-state index in [0.717, 1.165) is 103 Å². The van der Waals surface area contributed by atoms with Crippen molar-refractivity contribution in [2.24, 2.45) is 0 Å². The monoisotopic (exact) mass is 749 g/mol. The van der Waals surface area contributed by atoms with E-state index in [1.54, 1.807) is 0 Å². The Kier molecular flexibility index (Phi) is 41.6. The molecule has 0 amide bonds. The first-order chi connectivity index (χ1) is 26.6. The molecule has 306 valence electrons. The molecule has 0 aliphatic rings. The molecule has 0 fully saturated rings. The van der Waals surface area contributed by atoms with Crippen LogP contribution in [-0.2, 0) is 19.1 Å². The van der Waals surface area contributed by atoms with Gasteiger partial charge < -0.3 is 14.6 Å². The predicted molar refractivity (Wildman–Crippen MR) is 232 cm³/mol. The van der Waals surface area contributed by atoms with Gasteiger partial charge in [0.1, 0.15) is 6.61 Å². The fraction of sp³-hybridized carbons (Fsp3) is 0.633. The molecule has 1 atom stereocenters. The van der Waals surface area contributed by atoms with Crippen LogP contribution in [0.2, 0.25) is 0 Å². The summed E-state index contributed by atoms with van der Waals surface area (Å²) in [6.45, 7) is 3.92. The quantitative estimate of drug-likeness (QED) is 0.0387. The van der Waals surface area contributed by atoms with Crippen LogP contribution in [0.15, 0.2) is 97.2 Å². The highest BCUT2D eigenvalue weighted by molar-refractivity contribution is 5.70. The van der Waals surface area contributed by atoms with Crippen molar-refractivity contribution >= 4 is 11.9 Å². The smallest absolute Gasteiger partial charge is 0.306 e. The summed E-state index contributed by atoms with van der Waals surface area (Å²) in [5.41, 5.74) is 0. The van der Waals surface area contributed by atoms with Crippen LogP contribution in [0.1, 0.15) is 181 Å². The zero-order valence-corrected chi connectivity index (χ0v) is 34.7. The van der Waals surface area contributed by atoms with Gasteiger partial charge in [0.2, 0.25) is 0 Å². The average Bonchev–Trinajstić information content (AvgIpc) is 3.17. The van der Waals surface area contributed by atoms with Gasteiger partial charge in [0, 0.05) is 12.8 Å². The second-order valence-electron chi connectivity index (χ2n) is 14.0. The van der Waals surface area contributed by atoms with Crippen molar-refractivity contribution in [1.29, 1.82) is 0 Å². The van der Waals surface area contributed by atoms with E-state index in [1.165, 1.54) is 51.4 Å². The number of esters is 2. The van der Waals surface area contributed by atoms with Crippen LogP contribution >= 0.6 is 0 Å². The maximum absolute atomic E-state index is 12.2. The SMILES string of the molecule is CC/C=C\C/C=C\C/C=C\C/C=C\C/C=C\C/C=C\CCCCCCCCCCC(=O)OC(CO)COC(=O)CCCCCCC/C=C\C/C=C\CCC. The van der Waals surface area contributed by atoms with E-state index in [1.807, 2.05) is 0 Å². The van der Waals surface area contributed by atoms with Crippen LogP contribution < -0.4 is 0 Å². The minimum Gasteiger partial charge on any atom is -0.462 e. The summed E-state index contributed by atoms with van der Waals surface area (Å²) in [6, 6.07) is 0. The lowest BCUT2D eigenvalue weighted by Crippen LogP contribution is -2.28. The molecule has 0 heterocycles. The summed E-state index contributed by atoms with van der Waals surface area (Å²) in [6.07, 6.45) is 61.9. The predicted octanol–water partition coefficient (Wildman–Crippen LogP) is 14.1. The Morgan fingerprint density at radius 3 is 1.20 bits per heavy atom. The van der Waals surface area contributed by atoms with Crippen LogP contribution in [-0.4, -0.2) is 36.4 Å². The van der Waals surface area contributed by atoms with Crippen LogP contribution in [0.5, 0.6) is 0 Å². The summed E-state index contributed by atoms with van der Waals surface area (Å²) < 4.78 is 10.6.